The predicted molar refractivity (Wildman–Crippen MR) is 108 cm³/mol. The van der Waals surface area contributed by atoms with Crippen LogP contribution in [0.15, 0.2) is 29.2 Å². The van der Waals surface area contributed by atoms with Gasteiger partial charge in [-0.15, -0.1) is 0 Å². The van der Waals surface area contributed by atoms with E-state index in [9.17, 15) is 9.59 Å². The second-order valence-corrected chi connectivity index (χ2v) is 7.10. The highest BCUT2D eigenvalue weighted by Gasteiger charge is 2.25. The molecular weight excluding hydrogens is 358 g/mol. The van der Waals surface area contributed by atoms with Gasteiger partial charge in [-0.2, -0.15) is 0 Å². The van der Waals surface area contributed by atoms with E-state index in [4.69, 9.17) is 10.5 Å². The van der Waals surface area contributed by atoms with Gasteiger partial charge < -0.3 is 15.8 Å². The van der Waals surface area contributed by atoms with E-state index in [1.165, 1.54) is 4.40 Å². The molecule has 3 aromatic heterocycles. The standard InChI is InChI=1S/C20H25N5O3/c1-12(2)25-17(21)14(19(26)22-8-5-9-28-4)10-15-18(25)23-16-7-6-13(3)11-24(16)20(15)27/h6-7,10-12,21H,5,8-9H2,1-4H3,(H,22,26)/p+1. The van der Waals surface area contributed by atoms with Crippen molar-refractivity contribution >= 4 is 28.4 Å². The summed E-state index contributed by atoms with van der Waals surface area (Å²) in [5.41, 5.74) is 8.32. The molecule has 8 nitrogen and oxygen atoms in total. The lowest BCUT2D eigenvalue weighted by molar-refractivity contribution is -0.679. The maximum Gasteiger partial charge on any atom is 0.278 e. The summed E-state index contributed by atoms with van der Waals surface area (Å²) < 4.78 is 8.23. The Morgan fingerprint density at radius 3 is 2.82 bits per heavy atom. The first-order valence-electron chi connectivity index (χ1n) is 9.29. The van der Waals surface area contributed by atoms with Crippen LogP contribution in [-0.2, 0) is 4.74 Å². The predicted octanol–water partition coefficient (Wildman–Crippen LogP) is 1.37. The fraction of sp³-hybridized carbons (Fsp3) is 0.400. The molecule has 0 radical (unpaired) electrons. The quantitative estimate of drug-likeness (QED) is 0.380. The number of hydrogen-bond donors (Lipinski definition) is 2. The molecular formula is C20H26N5O3+. The highest BCUT2D eigenvalue weighted by molar-refractivity contribution is 6.00. The summed E-state index contributed by atoms with van der Waals surface area (Å²) >= 11 is 0. The van der Waals surface area contributed by atoms with E-state index in [-0.39, 0.29) is 28.9 Å². The molecule has 0 saturated carbocycles. The number of nitrogens with zero attached hydrogens (tertiary/aromatic N) is 3. The van der Waals surface area contributed by atoms with E-state index in [2.05, 4.69) is 10.3 Å². The lowest BCUT2D eigenvalue weighted by Crippen LogP contribution is -2.44. The normalized spacial score (nSPS) is 11.5. The highest BCUT2D eigenvalue weighted by atomic mass is 16.5. The number of nitrogens with two attached hydrogens (primary N) is 1. The Bertz CT molecular complexity index is 1100. The number of nitrogen functional groups attached to an aromatic ring is 1. The van der Waals surface area contributed by atoms with E-state index in [1.54, 1.807) is 30.0 Å². The van der Waals surface area contributed by atoms with Gasteiger partial charge in [-0.05, 0) is 44.9 Å². The van der Waals surface area contributed by atoms with E-state index >= 15 is 0 Å². The monoisotopic (exact) mass is 384 g/mol. The largest absolute Gasteiger partial charge is 0.385 e. The molecule has 1 amide bonds. The summed E-state index contributed by atoms with van der Waals surface area (Å²) in [5.74, 6) is -0.0336. The number of aromatic nitrogens is 3. The number of methoxy groups -OCH3 is 1. The molecule has 28 heavy (non-hydrogen) atoms. The second kappa shape index (κ2) is 7.93. The Balaban J connectivity index is 2.22. The molecule has 3 aromatic rings. The molecule has 0 fully saturated rings. The number of anilines is 1. The van der Waals surface area contributed by atoms with Crippen LogP contribution < -0.4 is 21.2 Å². The van der Waals surface area contributed by atoms with Crippen molar-refractivity contribution in [2.75, 3.05) is 26.0 Å². The van der Waals surface area contributed by atoms with Crippen LogP contribution in [0.2, 0.25) is 0 Å². The van der Waals surface area contributed by atoms with Crippen molar-refractivity contribution in [1.29, 1.82) is 0 Å². The minimum atomic E-state index is -0.321. The maximum absolute atomic E-state index is 13.1. The molecule has 3 heterocycles. The third-order valence-corrected chi connectivity index (χ3v) is 4.61. The molecule has 0 atom stereocenters. The zero-order chi connectivity index (χ0) is 20.4. The van der Waals surface area contributed by atoms with Gasteiger partial charge >= 0.3 is 0 Å². The van der Waals surface area contributed by atoms with Crippen LogP contribution in [0, 0.1) is 6.92 Å². The van der Waals surface area contributed by atoms with Gasteiger partial charge in [0.25, 0.3) is 17.1 Å². The summed E-state index contributed by atoms with van der Waals surface area (Å²) in [6, 6.07) is 5.16. The Morgan fingerprint density at radius 1 is 1.39 bits per heavy atom. The van der Waals surface area contributed by atoms with Gasteiger partial charge in [-0.25, -0.2) is 4.57 Å². The number of fused-ring (bicyclic) bond motifs is 2. The fourth-order valence-electron chi connectivity index (χ4n) is 3.24. The van der Waals surface area contributed by atoms with Crippen LogP contribution in [0.25, 0.3) is 16.7 Å². The van der Waals surface area contributed by atoms with Crippen molar-refractivity contribution in [3.05, 3.63) is 45.9 Å². The van der Waals surface area contributed by atoms with Crippen LogP contribution in [-0.4, -0.2) is 35.6 Å². The summed E-state index contributed by atoms with van der Waals surface area (Å²) in [4.78, 5) is 30.5. The second-order valence-electron chi connectivity index (χ2n) is 7.10. The molecule has 0 bridgehead atoms. The average molecular weight is 384 g/mol. The first-order valence-corrected chi connectivity index (χ1v) is 9.29. The number of ether oxygens (including phenoxy) is 1. The number of amides is 1. The highest BCUT2D eigenvalue weighted by Crippen LogP contribution is 2.17. The third kappa shape index (κ3) is 3.55. The van der Waals surface area contributed by atoms with Crippen molar-refractivity contribution in [2.24, 2.45) is 0 Å². The molecule has 0 unspecified atom stereocenters. The van der Waals surface area contributed by atoms with Crippen LogP contribution in [0.3, 0.4) is 0 Å². The molecule has 3 N–H and O–H groups in total. The van der Waals surface area contributed by atoms with Gasteiger partial charge in [0.05, 0.1) is 6.04 Å². The zero-order valence-corrected chi connectivity index (χ0v) is 16.7. The van der Waals surface area contributed by atoms with Crippen LogP contribution >= 0.6 is 0 Å². The molecule has 0 spiro atoms. The van der Waals surface area contributed by atoms with Crippen LogP contribution in [0.4, 0.5) is 5.82 Å². The minimum Gasteiger partial charge on any atom is -0.385 e. The Morgan fingerprint density at radius 2 is 2.14 bits per heavy atom. The van der Waals surface area contributed by atoms with Gasteiger partial charge in [-0.1, -0.05) is 11.1 Å². The number of aryl methyl sites for hydroxylation is 1. The number of rotatable bonds is 6. The van der Waals surface area contributed by atoms with Gasteiger partial charge in [0, 0.05) is 26.5 Å². The van der Waals surface area contributed by atoms with Crippen molar-refractivity contribution < 1.29 is 14.1 Å². The van der Waals surface area contributed by atoms with Crippen LogP contribution in [0.5, 0.6) is 0 Å². The molecule has 3 rings (SSSR count). The first kappa shape index (κ1) is 19.8. The lowest BCUT2D eigenvalue weighted by atomic mass is 10.1. The molecule has 0 aliphatic heterocycles. The van der Waals surface area contributed by atoms with Crippen LogP contribution in [0.1, 0.15) is 42.2 Å². The van der Waals surface area contributed by atoms with Crippen molar-refractivity contribution in [3.63, 3.8) is 0 Å². The molecule has 0 aromatic carbocycles. The number of carbonyl (C=O) groups is 1. The SMILES string of the molecule is COCCCNC(=O)c1cc2c(=O)n3cc(C)ccc3nc2[n+](C(C)C)c1N. The zero-order valence-electron chi connectivity index (χ0n) is 16.7. The summed E-state index contributed by atoms with van der Waals surface area (Å²) in [7, 11) is 1.61. The van der Waals surface area contributed by atoms with Gasteiger partial charge in [0.1, 0.15) is 10.9 Å². The maximum atomic E-state index is 13.1. The van der Waals surface area contributed by atoms with E-state index in [1.807, 2.05) is 26.8 Å². The Hall–Kier alpha value is -3.00. The first-order chi connectivity index (χ1) is 13.3. The number of pyridine rings is 2. The van der Waals surface area contributed by atoms with Gasteiger partial charge in [-0.3, -0.25) is 14.0 Å². The number of nitrogens with one attached hydrogen (secondary N) is 1. The van der Waals surface area contributed by atoms with E-state index in [0.29, 0.717) is 36.3 Å². The van der Waals surface area contributed by atoms with Gasteiger partial charge in [0.15, 0.2) is 0 Å². The van der Waals surface area contributed by atoms with Crippen molar-refractivity contribution in [2.45, 2.75) is 33.2 Å². The third-order valence-electron chi connectivity index (χ3n) is 4.61. The van der Waals surface area contributed by atoms with Crippen molar-refractivity contribution in [1.82, 2.24) is 14.7 Å². The number of hydrogen-bond acceptors (Lipinski definition) is 5. The summed E-state index contributed by atoms with van der Waals surface area (Å²) in [5, 5.41) is 3.18. The summed E-state index contributed by atoms with van der Waals surface area (Å²) in [6.07, 6.45) is 2.43. The average Bonchev–Trinajstić information content (AvgIpc) is 2.65. The molecule has 8 heteroatoms. The Labute approximate surface area is 163 Å². The van der Waals surface area contributed by atoms with E-state index < -0.39 is 0 Å². The molecule has 148 valence electrons. The smallest absolute Gasteiger partial charge is 0.278 e. The molecule has 0 aliphatic carbocycles. The molecule has 0 saturated heterocycles. The topological polar surface area (TPSA) is 103 Å². The minimum absolute atomic E-state index is 0.0801. The Kier molecular flexibility index (Phi) is 5.60. The lowest BCUT2D eigenvalue weighted by Gasteiger charge is -2.14. The van der Waals surface area contributed by atoms with E-state index in [0.717, 1.165) is 5.56 Å². The summed E-state index contributed by atoms with van der Waals surface area (Å²) in [6.45, 7) is 6.80. The fourth-order valence-corrected chi connectivity index (χ4v) is 3.24. The number of carbonyl (C=O) groups excluding carboxylic acids is 1. The molecule has 0 aliphatic rings. The van der Waals surface area contributed by atoms with Crippen molar-refractivity contribution in [3.8, 4) is 0 Å². The van der Waals surface area contributed by atoms with Gasteiger partial charge in [0.2, 0.25) is 11.5 Å².